The first-order valence-electron chi connectivity index (χ1n) is 7.50. The molecule has 0 unspecified atom stereocenters. The number of carbonyl (C=O) groups excluding carboxylic acids is 1. The Balaban J connectivity index is 1.68. The molecule has 0 bridgehead atoms. The molecule has 5 heteroatoms. The van der Waals surface area contributed by atoms with E-state index in [-0.39, 0.29) is 5.91 Å². The molecule has 0 radical (unpaired) electrons. The number of hydrogen-bond acceptors (Lipinski definition) is 4. The van der Waals surface area contributed by atoms with Gasteiger partial charge in [-0.2, -0.15) is 0 Å². The van der Waals surface area contributed by atoms with Crippen molar-refractivity contribution in [1.29, 1.82) is 0 Å². The molecule has 2 rings (SSSR count). The third-order valence-corrected chi connectivity index (χ3v) is 4.96. The van der Waals surface area contributed by atoms with Gasteiger partial charge >= 0.3 is 0 Å². The molecule has 0 saturated heterocycles. The molecule has 4 nitrogen and oxygen atoms in total. The lowest BCUT2D eigenvalue weighted by Gasteiger charge is -2.27. The van der Waals surface area contributed by atoms with Gasteiger partial charge in [-0.05, 0) is 36.5 Å². The number of carbonyl (C=O) groups is 1. The topological polar surface area (TPSA) is 35.6 Å². The molecule has 2 heterocycles. The summed E-state index contributed by atoms with van der Waals surface area (Å²) in [7, 11) is 0. The van der Waals surface area contributed by atoms with Gasteiger partial charge in [0.25, 0.3) is 0 Å². The monoisotopic (exact) mass is 295 g/mol. The summed E-state index contributed by atoms with van der Waals surface area (Å²) in [4.78, 5) is 17.9. The number of fused-ring (bicyclic) bond motifs is 1. The summed E-state index contributed by atoms with van der Waals surface area (Å²) in [5, 5.41) is 5.40. The first-order valence-corrected chi connectivity index (χ1v) is 8.38. The van der Waals surface area contributed by atoms with E-state index in [0.29, 0.717) is 6.54 Å². The fourth-order valence-electron chi connectivity index (χ4n) is 2.55. The largest absolute Gasteiger partial charge is 0.337 e. The third kappa shape index (κ3) is 4.04. The Morgan fingerprint density at radius 3 is 3.00 bits per heavy atom. The number of thiophene rings is 1. The van der Waals surface area contributed by atoms with Gasteiger partial charge in [0.15, 0.2) is 0 Å². The fraction of sp³-hybridized carbons (Fsp3) is 0.667. The van der Waals surface area contributed by atoms with Gasteiger partial charge in [-0.25, -0.2) is 0 Å². The van der Waals surface area contributed by atoms with Crippen LogP contribution >= 0.6 is 11.3 Å². The molecule has 1 aliphatic heterocycles. The second-order valence-corrected chi connectivity index (χ2v) is 6.14. The van der Waals surface area contributed by atoms with Crippen LogP contribution in [0.15, 0.2) is 11.4 Å². The average molecular weight is 295 g/mol. The van der Waals surface area contributed by atoms with E-state index in [1.807, 2.05) is 16.2 Å². The van der Waals surface area contributed by atoms with E-state index in [9.17, 15) is 4.79 Å². The Morgan fingerprint density at radius 2 is 2.25 bits per heavy atom. The molecular weight excluding hydrogens is 270 g/mol. The first kappa shape index (κ1) is 15.5. The summed E-state index contributed by atoms with van der Waals surface area (Å²) in [5.74, 6) is 0.224. The van der Waals surface area contributed by atoms with E-state index in [4.69, 9.17) is 0 Å². The molecule has 0 saturated carbocycles. The van der Waals surface area contributed by atoms with Crippen molar-refractivity contribution in [3.63, 3.8) is 0 Å². The minimum Gasteiger partial charge on any atom is -0.337 e. The summed E-state index contributed by atoms with van der Waals surface area (Å²) in [6.07, 6.45) is 1.01. The number of amides is 1. The van der Waals surface area contributed by atoms with Gasteiger partial charge in [-0.15, -0.1) is 11.3 Å². The highest BCUT2D eigenvalue weighted by atomic mass is 32.1. The van der Waals surface area contributed by atoms with Gasteiger partial charge in [-0.3, -0.25) is 4.79 Å². The van der Waals surface area contributed by atoms with Crippen molar-refractivity contribution in [3.8, 4) is 0 Å². The van der Waals surface area contributed by atoms with E-state index < -0.39 is 0 Å². The van der Waals surface area contributed by atoms with Gasteiger partial charge < -0.3 is 15.1 Å². The summed E-state index contributed by atoms with van der Waals surface area (Å²) < 4.78 is 0. The molecule has 0 fully saturated rings. The van der Waals surface area contributed by atoms with Crippen LogP contribution < -0.4 is 5.32 Å². The normalized spacial score (nSPS) is 14.7. The van der Waals surface area contributed by atoms with Crippen molar-refractivity contribution >= 4 is 17.2 Å². The van der Waals surface area contributed by atoms with Crippen LogP contribution in [0.4, 0.5) is 0 Å². The van der Waals surface area contributed by atoms with Crippen molar-refractivity contribution in [2.24, 2.45) is 0 Å². The van der Waals surface area contributed by atoms with Crippen molar-refractivity contribution in [1.82, 2.24) is 15.1 Å². The molecule has 20 heavy (non-hydrogen) atoms. The highest BCUT2D eigenvalue weighted by Gasteiger charge is 2.20. The third-order valence-electron chi connectivity index (χ3n) is 3.94. The van der Waals surface area contributed by atoms with Crippen LogP contribution in [0.25, 0.3) is 0 Å². The predicted molar refractivity (Wildman–Crippen MR) is 84.1 cm³/mol. The van der Waals surface area contributed by atoms with Crippen molar-refractivity contribution in [3.05, 3.63) is 21.9 Å². The van der Waals surface area contributed by atoms with Crippen LogP contribution in [-0.2, 0) is 17.8 Å². The molecular formula is C15H25N3OS. The Labute approximate surface area is 125 Å². The molecule has 112 valence electrons. The quantitative estimate of drug-likeness (QED) is 0.776. The van der Waals surface area contributed by atoms with Gasteiger partial charge in [0.1, 0.15) is 0 Å². The van der Waals surface area contributed by atoms with E-state index in [0.717, 1.165) is 45.7 Å². The van der Waals surface area contributed by atoms with Crippen LogP contribution in [0.3, 0.4) is 0 Å². The number of likely N-dealkylation sites (N-methyl/N-ethyl adjacent to an activating group) is 1. The minimum absolute atomic E-state index is 0.224. The maximum absolute atomic E-state index is 12.2. The highest BCUT2D eigenvalue weighted by Crippen LogP contribution is 2.23. The van der Waals surface area contributed by atoms with Crippen molar-refractivity contribution < 1.29 is 4.79 Å². The van der Waals surface area contributed by atoms with E-state index >= 15 is 0 Å². The van der Waals surface area contributed by atoms with Crippen LogP contribution in [0.1, 0.15) is 24.3 Å². The summed E-state index contributed by atoms with van der Waals surface area (Å²) in [6.45, 7) is 10.5. The maximum atomic E-state index is 12.2. The van der Waals surface area contributed by atoms with E-state index in [2.05, 4.69) is 35.5 Å². The lowest BCUT2D eigenvalue weighted by atomic mass is 10.1. The fourth-order valence-corrected chi connectivity index (χ4v) is 3.44. The highest BCUT2D eigenvalue weighted by molar-refractivity contribution is 7.10. The zero-order valence-corrected chi connectivity index (χ0v) is 13.3. The van der Waals surface area contributed by atoms with Gasteiger partial charge in [-0.1, -0.05) is 13.8 Å². The second kappa shape index (κ2) is 7.76. The van der Waals surface area contributed by atoms with Gasteiger partial charge in [0.2, 0.25) is 5.91 Å². The zero-order chi connectivity index (χ0) is 14.4. The summed E-state index contributed by atoms with van der Waals surface area (Å²) >= 11 is 1.81. The molecule has 0 spiro atoms. The molecule has 0 aliphatic carbocycles. The molecule has 1 aromatic heterocycles. The van der Waals surface area contributed by atoms with Crippen LogP contribution in [-0.4, -0.2) is 55.0 Å². The molecule has 1 N–H and O–H groups in total. The standard InChI is InChI=1S/C15H25N3OS/c1-3-17(4-2)9-7-16-11-15(19)18-8-5-14-13(12-18)6-10-20-14/h6,10,16H,3-5,7-9,11-12H2,1-2H3. The smallest absolute Gasteiger partial charge is 0.236 e. The predicted octanol–water partition coefficient (Wildman–Crippen LogP) is 1.56. The van der Waals surface area contributed by atoms with Gasteiger partial charge in [0, 0.05) is 31.1 Å². The minimum atomic E-state index is 0.224. The van der Waals surface area contributed by atoms with Gasteiger partial charge in [0.05, 0.1) is 6.54 Å². The maximum Gasteiger partial charge on any atom is 0.236 e. The second-order valence-electron chi connectivity index (χ2n) is 5.14. The van der Waals surface area contributed by atoms with Crippen LogP contribution in [0.5, 0.6) is 0 Å². The van der Waals surface area contributed by atoms with Crippen LogP contribution in [0.2, 0.25) is 0 Å². The molecule has 1 amide bonds. The number of nitrogens with zero attached hydrogens (tertiary/aromatic N) is 2. The zero-order valence-electron chi connectivity index (χ0n) is 12.5. The molecule has 1 aromatic rings. The molecule has 0 aromatic carbocycles. The molecule has 1 aliphatic rings. The Kier molecular flexibility index (Phi) is 6.01. The summed E-state index contributed by atoms with van der Waals surface area (Å²) in [6, 6.07) is 2.15. The molecule has 0 atom stereocenters. The first-order chi connectivity index (χ1) is 9.74. The number of nitrogens with one attached hydrogen (secondary N) is 1. The summed E-state index contributed by atoms with van der Waals surface area (Å²) in [5.41, 5.74) is 1.33. The Morgan fingerprint density at radius 1 is 1.45 bits per heavy atom. The Bertz CT molecular complexity index is 429. The lowest BCUT2D eigenvalue weighted by Crippen LogP contribution is -2.42. The van der Waals surface area contributed by atoms with Crippen LogP contribution in [0, 0.1) is 0 Å². The Hall–Kier alpha value is -0.910. The van der Waals surface area contributed by atoms with E-state index in [1.165, 1.54) is 10.4 Å². The number of hydrogen-bond donors (Lipinski definition) is 1. The van der Waals surface area contributed by atoms with E-state index in [1.54, 1.807) is 0 Å². The number of rotatable bonds is 7. The average Bonchev–Trinajstić information content (AvgIpc) is 2.94. The van der Waals surface area contributed by atoms with Crippen molar-refractivity contribution in [2.45, 2.75) is 26.8 Å². The van der Waals surface area contributed by atoms with Crippen molar-refractivity contribution in [2.75, 3.05) is 39.3 Å². The SMILES string of the molecule is CCN(CC)CCNCC(=O)N1CCc2sccc2C1. The lowest BCUT2D eigenvalue weighted by molar-refractivity contribution is -0.131.